The second-order valence-corrected chi connectivity index (χ2v) is 3.53. The maximum atomic E-state index is 11.4. The van der Waals surface area contributed by atoms with E-state index in [1.165, 1.54) is 0 Å². The fourth-order valence-corrected chi connectivity index (χ4v) is 1.79. The molecule has 1 heterocycles. The smallest absolute Gasteiger partial charge is 0.309 e. The molecule has 0 aromatic carbocycles. The Hall–Kier alpha value is -0.570. The number of hydrogen-bond donors (Lipinski definition) is 1. The van der Waals surface area contributed by atoms with Crippen LogP contribution in [0.2, 0.25) is 0 Å². The van der Waals surface area contributed by atoms with Gasteiger partial charge in [-0.2, -0.15) is 0 Å². The van der Waals surface area contributed by atoms with Crippen LogP contribution < -0.4 is 5.32 Å². The van der Waals surface area contributed by atoms with E-state index in [2.05, 4.69) is 12.2 Å². The predicted octanol–water partition coefficient (Wildman–Crippen LogP) is 1.33. The van der Waals surface area contributed by atoms with Gasteiger partial charge in [0, 0.05) is 6.04 Å². The summed E-state index contributed by atoms with van der Waals surface area (Å²) in [5.41, 5.74) is 0. The van der Waals surface area contributed by atoms with Gasteiger partial charge in [-0.3, -0.25) is 4.79 Å². The first-order valence-electron chi connectivity index (χ1n) is 5.18. The van der Waals surface area contributed by atoms with Crippen molar-refractivity contribution in [2.75, 3.05) is 13.2 Å². The first-order valence-corrected chi connectivity index (χ1v) is 5.18. The van der Waals surface area contributed by atoms with Crippen molar-refractivity contribution in [2.24, 2.45) is 5.92 Å². The zero-order valence-electron chi connectivity index (χ0n) is 8.51. The van der Waals surface area contributed by atoms with Crippen molar-refractivity contribution in [2.45, 2.75) is 39.2 Å². The van der Waals surface area contributed by atoms with E-state index < -0.39 is 0 Å². The van der Waals surface area contributed by atoms with Crippen molar-refractivity contribution < 1.29 is 9.53 Å². The van der Waals surface area contributed by atoms with E-state index >= 15 is 0 Å². The Balaban J connectivity index is 2.37. The molecule has 0 amide bonds. The molecule has 1 fully saturated rings. The van der Waals surface area contributed by atoms with Crippen molar-refractivity contribution in [3.8, 4) is 0 Å². The Bertz CT molecular complexity index is 170. The summed E-state index contributed by atoms with van der Waals surface area (Å²) in [7, 11) is 0. The maximum Gasteiger partial charge on any atom is 0.309 e. The zero-order valence-corrected chi connectivity index (χ0v) is 8.51. The molecule has 0 saturated carbocycles. The Morgan fingerprint density at radius 2 is 2.31 bits per heavy atom. The molecular formula is C10H19NO2. The van der Waals surface area contributed by atoms with Gasteiger partial charge >= 0.3 is 5.97 Å². The summed E-state index contributed by atoms with van der Waals surface area (Å²) in [5.74, 6) is 0.119. The Labute approximate surface area is 79.8 Å². The molecule has 0 aromatic heterocycles. The molecule has 1 rings (SSSR count). The fraction of sp³-hybridized carbons (Fsp3) is 0.900. The van der Waals surface area contributed by atoms with Crippen LogP contribution in [0.15, 0.2) is 0 Å². The molecule has 1 aliphatic rings. The van der Waals surface area contributed by atoms with Gasteiger partial charge in [-0.15, -0.1) is 0 Å². The van der Waals surface area contributed by atoms with Crippen LogP contribution in [0.5, 0.6) is 0 Å². The Kier molecular flexibility index (Phi) is 4.22. The molecule has 13 heavy (non-hydrogen) atoms. The van der Waals surface area contributed by atoms with E-state index in [1.54, 1.807) is 0 Å². The number of hydrogen-bond acceptors (Lipinski definition) is 3. The lowest BCUT2D eigenvalue weighted by Gasteiger charge is -2.28. The minimum atomic E-state index is -0.0116. The SMILES string of the molecule is CCOC(=O)[C@@H]1CCN[C@H](CC)C1. The average Bonchev–Trinajstić information content (AvgIpc) is 2.18. The van der Waals surface area contributed by atoms with E-state index in [-0.39, 0.29) is 11.9 Å². The number of esters is 1. The molecule has 0 aliphatic carbocycles. The fourth-order valence-electron chi connectivity index (χ4n) is 1.79. The van der Waals surface area contributed by atoms with Gasteiger partial charge in [0.25, 0.3) is 0 Å². The van der Waals surface area contributed by atoms with Crippen molar-refractivity contribution >= 4 is 5.97 Å². The van der Waals surface area contributed by atoms with Crippen molar-refractivity contribution in [3.63, 3.8) is 0 Å². The Morgan fingerprint density at radius 3 is 2.92 bits per heavy atom. The quantitative estimate of drug-likeness (QED) is 0.674. The van der Waals surface area contributed by atoms with Gasteiger partial charge in [-0.25, -0.2) is 0 Å². The lowest BCUT2D eigenvalue weighted by Crippen LogP contribution is -2.40. The third kappa shape index (κ3) is 2.99. The van der Waals surface area contributed by atoms with Gasteiger partial charge in [0.15, 0.2) is 0 Å². The third-order valence-corrected chi connectivity index (χ3v) is 2.61. The number of piperidine rings is 1. The van der Waals surface area contributed by atoms with Crippen LogP contribution in [0.3, 0.4) is 0 Å². The lowest BCUT2D eigenvalue weighted by atomic mass is 9.91. The van der Waals surface area contributed by atoms with E-state index in [9.17, 15) is 4.79 Å². The highest BCUT2D eigenvalue weighted by Crippen LogP contribution is 2.19. The molecule has 1 aliphatic heterocycles. The summed E-state index contributed by atoms with van der Waals surface area (Å²) in [6, 6.07) is 0.503. The van der Waals surface area contributed by atoms with Crippen LogP contribution in [0.4, 0.5) is 0 Å². The van der Waals surface area contributed by atoms with Gasteiger partial charge < -0.3 is 10.1 Å². The van der Waals surface area contributed by atoms with E-state index in [4.69, 9.17) is 4.74 Å². The Morgan fingerprint density at radius 1 is 1.54 bits per heavy atom. The molecule has 0 bridgehead atoms. The molecule has 0 spiro atoms. The number of nitrogens with one attached hydrogen (secondary N) is 1. The topological polar surface area (TPSA) is 38.3 Å². The largest absolute Gasteiger partial charge is 0.466 e. The van der Waals surface area contributed by atoms with Gasteiger partial charge in [0.2, 0.25) is 0 Å². The second-order valence-electron chi connectivity index (χ2n) is 3.53. The van der Waals surface area contributed by atoms with E-state index in [0.717, 1.165) is 25.8 Å². The molecule has 0 radical (unpaired) electrons. The summed E-state index contributed by atoms with van der Waals surface area (Å²) in [6.07, 6.45) is 2.96. The lowest BCUT2D eigenvalue weighted by molar-refractivity contribution is -0.149. The molecule has 0 aromatic rings. The van der Waals surface area contributed by atoms with Crippen LogP contribution in [0.25, 0.3) is 0 Å². The van der Waals surface area contributed by atoms with Gasteiger partial charge in [0.05, 0.1) is 12.5 Å². The highest BCUT2D eigenvalue weighted by atomic mass is 16.5. The summed E-state index contributed by atoms with van der Waals surface area (Å²) < 4.78 is 5.01. The number of carbonyl (C=O) groups is 1. The van der Waals surface area contributed by atoms with Gasteiger partial charge in [0.1, 0.15) is 0 Å². The molecule has 3 heteroatoms. The van der Waals surface area contributed by atoms with Crippen LogP contribution in [-0.4, -0.2) is 25.2 Å². The molecule has 1 saturated heterocycles. The van der Waals surface area contributed by atoms with Gasteiger partial charge in [-0.05, 0) is 32.7 Å². The summed E-state index contributed by atoms with van der Waals surface area (Å²) in [4.78, 5) is 11.4. The van der Waals surface area contributed by atoms with E-state index in [0.29, 0.717) is 12.6 Å². The maximum absolute atomic E-state index is 11.4. The standard InChI is InChI=1S/C10H19NO2/c1-3-9-7-8(5-6-11-9)10(12)13-4-2/h8-9,11H,3-7H2,1-2H3/t8-,9-/m1/s1. The molecule has 2 atom stereocenters. The molecular weight excluding hydrogens is 166 g/mol. The highest BCUT2D eigenvalue weighted by Gasteiger charge is 2.26. The average molecular weight is 185 g/mol. The number of rotatable bonds is 3. The third-order valence-electron chi connectivity index (χ3n) is 2.61. The van der Waals surface area contributed by atoms with Crippen molar-refractivity contribution in [3.05, 3.63) is 0 Å². The van der Waals surface area contributed by atoms with Crippen molar-refractivity contribution in [1.29, 1.82) is 0 Å². The summed E-state index contributed by atoms with van der Waals surface area (Å²) in [5, 5.41) is 3.39. The second kappa shape index (κ2) is 5.22. The minimum Gasteiger partial charge on any atom is -0.466 e. The molecule has 3 nitrogen and oxygen atoms in total. The number of ether oxygens (including phenoxy) is 1. The molecule has 1 N–H and O–H groups in total. The summed E-state index contributed by atoms with van der Waals surface area (Å²) in [6.45, 7) is 5.45. The predicted molar refractivity (Wildman–Crippen MR) is 51.4 cm³/mol. The first kappa shape index (κ1) is 10.5. The summed E-state index contributed by atoms with van der Waals surface area (Å²) >= 11 is 0. The molecule has 0 unspecified atom stereocenters. The van der Waals surface area contributed by atoms with Crippen LogP contribution in [-0.2, 0) is 9.53 Å². The first-order chi connectivity index (χ1) is 6.27. The zero-order chi connectivity index (χ0) is 9.68. The minimum absolute atomic E-state index is 0.0116. The van der Waals surface area contributed by atoms with Crippen LogP contribution >= 0.6 is 0 Å². The van der Waals surface area contributed by atoms with Crippen molar-refractivity contribution in [1.82, 2.24) is 5.32 Å². The van der Waals surface area contributed by atoms with E-state index in [1.807, 2.05) is 6.92 Å². The van der Waals surface area contributed by atoms with Crippen LogP contribution in [0, 0.1) is 5.92 Å². The highest BCUT2D eigenvalue weighted by molar-refractivity contribution is 5.72. The molecule has 76 valence electrons. The van der Waals surface area contributed by atoms with Gasteiger partial charge in [-0.1, -0.05) is 6.92 Å². The monoisotopic (exact) mass is 185 g/mol. The normalized spacial score (nSPS) is 28.5. The number of carbonyl (C=O) groups excluding carboxylic acids is 1. The van der Waals surface area contributed by atoms with Crippen LogP contribution in [0.1, 0.15) is 33.1 Å².